The van der Waals surface area contributed by atoms with Crippen LogP contribution in [0.2, 0.25) is 15.1 Å². The van der Waals surface area contributed by atoms with Crippen molar-refractivity contribution < 1.29 is 57.2 Å². The molecule has 3 aromatic carbocycles. The minimum Gasteiger partial charge on any atom is -0.506 e. The van der Waals surface area contributed by atoms with Crippen molar-refractivity contribution in [2.75, 3.05) is 12.9 Å². The first-order valence-electron chi connectivity index (χ1n) is 17.0. The second-order valence-electron chi connectivity index (χ2n) is 10.6. The molecule has 0 atom stereocenters. The Hall–Kier alpha value is -5.52. The molecule has 3 heterocycles. The van der Waals surface area contributed by atoms with Crippen molar-refractivity contribution in [3.63, 3.8) is 0 Å². The molecule has 6 rings (SSSR count). The molecule has 6 aromatic rings. The number of aromatic nitrogens is 3. The molecule has 0 saturated carbocycles. The van der Waals surface area contributed by atoms with Crippen LogP contribution < -0.4 is 15.2 Å². The number of carboxylic acids is 1. The van der Waals surface area contributed by atoms with E-state index in [4.69, 9.17) is 78.0 Å². The molecule has 3 aromatic heterocycles. The molecule has 61 heavy (non-hydrogen) atoms. The molecule has 0 radical (unpaired) electrons. The van der Waals surface area contributed by atoms with Crippen molar-refractivity contribution in [1.29, 1.82) is 0 Å². The molecule has 0 fully saturated rings. The van der Waals surface area contributed by atoms with E-state index in [1.165, 1.54) is 30.3 Å². The normalized spacial score (nSPS) is 9.25. The van der Waals surface area contributed by atoms with Gasteiger partial charge in [0.2, 0.25) is 0 Å². The third-order valence-corrected chi connectivity index (χ3v) is 7.46. The quantitative estimate of drug-likeness (QED) is 0.0403. The number of hydrogen-bond acceptors (Lipinski definition) is 12. The summed E-state index contributed by atoms with van der Waals surface area (Å²) in [4.78, 5) is 40.8. The van der Waals surface area contributed by atoms with Gasteiger partial charge in [0.15, 0.2) is 0 Å². The molecule has 22 heteroatoms. The van der Waals surface area contributed by atoms with Gasteiger partial charge < -0.3 is 25.4 Å². The van der Waals surface area contributed by atoms with Gasteiger partial charge in [-0.3, -0.25) is 44.4 Å². The number of nitrogens with zero attached hydrogens (tertiary/aromatic N) is 5. The van der Waals surface area contributed by atoms with Crippen molar-refractivity contribution in [3.05, 3.63) is 180 Å². The Morgan fingerprint density at radius 3 is 1.44 bits per heavy atom. The van der Waals surface area contributed by atoms with Crippen molar-refractivity contribution >= 4 is 81.8 Å². The summed E-state index contributed by atoms with van der Waals surface area (Å²) >= 11 is 22.7. The number of nitrogen functional groups attached to an aromatic ring is 1. The maximum atomic E-state index is 10.5. The fourth-order valence-electron chi connectivity index (χ4n) is 3.71. The molecule has 0 amide bonds. The molecule has 15 nitrogen and oxygen atoms in total. The van der Waals surface area contributed by atoms with E-state index >= 15 is 0 Å². The summed E-state index contributed by atoms with van der Waals surface area (Å²) < 4.78 is 26.5. The summed E-state index contributed by atoms with van der Waals surface area (Å²) in [7, 11) is -1.00. The van der Waals surface area contributed by atoms with E-state index < -0.39 is 23.0 Å². The predicted octanol–water partition coefficient (Wildman–Crippen LogP) is 11.0. The minimum absolute atomic E-state index is 0. The number of non-ortho nitro benzene ring substituents is 2. The average molecular weight is 988 g/mol. The summed E-state index contributed by atoms with van der Waals surface area (Å²) in [5, 5.41) is 37.7. The van der Waals surface area contributed by atoms with E-state index in [2.05, 4.69) is 15.0 Å². The largest absolute Gasteiger partial charge is 0.506 e. The number of phenols is 1. The number of pyridine rings is 3. The van der Waals surface area contributed by atoms with Crippen LogP contribution in [0.4, 0.5) is 21.5 Å². The minimum atomic E-state index is -1.00. The Balaban J connectivity index is 0. The van der Waals surface area contributed by atoms with Gasteiger partial charge in [0.25, 0.3) is 17.3 Å². The number of ether oxygens (including phenoxy) is 2. The van der Waals surface area contributed by atoms with Crippen LogP contribution in [0.1, 0.15) is 25.4 Å². The number of phenolic OH excluding ortho intramolecular Hbond substituents is 1. The molecule has 4 N–H and O–H groups in total. The molecule has 0 bridgehead atoms. The smallest absolute Gasteiger partial charge is 0.300 e. The van der Waals surface area contributed by atoms with Gasteiger partial charge in [-0.2, -0.15) is 0 Å². The van der Waals surface area contributed by atoms with E-state index in [0.717, 1.165) is 30.1 Å². The summed E-state index contributed by atoms with van der Waals surface area (Å²) in [6.07, 6.45) is 5.12. The standard InChI is InChI=1S/C12H9ClN2O3.C12H11ClN2O.C6H4ClNO3.C6H6ClN.C2H4O2.CH3F.ClH.Fe/c13-11-7-10(15(16)17)4-5-12(11)18-8-9-3-1-2-6-14-9;13-11-7-9(14)4-5-12(11)16-8-10-3-1-2-6-15-10;7-5-3-4(8(10)11)1-2-6(5)9;7-5-6-3-1-2-4-8-6;1-2(3)4;1-2;;/h1-7H,8H2;1-7H,8,14H2;1-3,9H;1-4H,5H2;1H3,(H,3,4);1H3;1H;/i;;;;;1D;;. The number of nitro groups is 2. The molecular weight excluding hydrogens is 949 g/mol. The maximum Gasteiger partial charge on any atom is 0.300 e. The molecular formula is C39H38Cl5FFeN6O9. The van der Waals surface area contributed by atoms with E-state index in [1.807, 2.05) is 54.6 Å². The van der Waals surface area contributed by atoms with Crippen molar-refractivity contribution in [2.24, 2.45) is 0 Å². The number of carbonyl (C=O) groups is 1. The first-order chi connectivity index (χ1) is 28.6. The number of benzene rings is 3. The number of hydrogen-bond donors (Lipinski definition) is 3. The van der Waals surface area contributed by atoms with Crippen LogP contribution in [-0.2, 0) is 41.0 Å². The van der Waals surface area contributed by atoms with Crippen LogP contribution in [0.5, 0.6) is 17.2 Å². The van der Waals surface area contributed by atoms with Gasteiger partial charge in [-0.1, -0.05) is 53.0 Å². The van der Waals surface area contributed by atoms with Crippen LogP contribution >= 0.6 is 58.8 Å². The zero-order valence-electron chi connectivity index (χ0n) is 32.7. The van der Waals surface area contributed by atoms with Crippen molar-refractivity contribution in [1.82, 2.24) is 15.0 Å². The zero-order valence-corrected chi connectivity index (χ0v) is 36.6. The molecule has 0 aliphatic heterocycles. The van der Waals surface area contributed by atoms with E-state index in [0.29, 0.717) is 34.7 Å². The third-order valence-electron chi connectivity index (χ3n) is 6.29. The average Bonchev–Trinajstić information content (AvgIpc) is 3.23. The summed E-state index contributed by atoms with van der Waals surface area (Å²) in [5.41, 5.74) is 8.55. The summed E-state index contributed by atoms with van der Waals surface area (Å²) in [5.74, 6) is 0.521. The molecule has 0 saturated heterocycles. The first kappa shape index (κ1) is 55.5. The number of aliphatic carboxylic acids is 1. The Morgan fingerprint density at radius 2 is 1.11 bits per heavy atom. The third kappa shape index (κ3) is 25.0. The summed E-state index contributed by atoms with van der Waals surface area (Å²) in [6, 6.07) is 29.5. The number of anilines is 1. The number of nitrogens with two attached hydrogens (primary N) is 1. The molecule has 0 unspecified atom stereocenters. The summed E-state index contributed by atoms with van der Waals surface area (Å²) in [6.45, 7) is 1.74. The maximum absolute atomic E-state index is 10.5. The Labute approximate surface area is 388 Å². The Kier molecular flexibility index (Phi) is 30.2. The number of alkyl halides is 2. The van der Waals surface area contributed by atoms with Gasteiger partial charge in [0.05, 0.1) is 56.4 Å². The SMILES string of the molecule is CC(=O)O.Cl.ClCc1ccccn1.Nc1ccc(OCc2ccccn2)c(Cl)c1.O=[N+]([O-])c1ccc(O)c(Cl)c1.O=[N+]([O-])c1ccc(OCc2ccccn2)c(Cl)c1.[2H]CF.[Fe]. The van der Waals surface area contributed by atoms with Crippen LogP contribution in [0.3, 0.4) is 0 Å². The fourth-order valence-corrected chi connectivity index (χ4v) is 4.52. The van der Waals surface area contributed by atoms with Crippen LogP contribution in [-0.4, -0.2) is 48.1 Å². The van der Waals surface area contributed by atoms with E-state index in [-0.39, 0.29) is 63.3 Å². The van der Waals surface area contributed by atoms with Crippen molar-refractivity contribution in [2.45, 2.75) is 26.0 Å². The fraction of sp³-hybridized carbons (Fsp3) is 0.128. The number of aromatic hydroxyl groups is 1. The predicted molar refractivity (Wildman–Crippen MR) is 232 cm³/mol. The second kappa shape index (κ2) is 33.2. The van der Waals surface area contributed by atoms with Gasteiger partial charge in [0.1, 0.15) is 30.5 Å². The topological polar surface area (TPSA) is 227 Å². The monoisotopic (exact) mass is 985 g/mol. The zero-order chi connectivity index (χ0) is 44.9. The number of nitro benzene ring substituents is 2. The van der Waals surface area contributed by atoms with Gasteiger partial charge in [0, 0.05) is 72.5 Å². The van der Waals surface area contributed by atoms with Crippen molar-refractivity contribution in [3.8, 4) is 17.2 Å². The number of halogens is 6. The molecule has 0 spiro atoms. The Morgan fingerprint density at radius 1 is 0.738 bits per heavy atom. The van der Waals surface area contributed by atoms with E-state index in [9.17, 15) is 24.6 Å². The molecule has 0 aliphatic rings. The van der Waals surface area contributed by atoms with Crippen LogP contribution in [0, 0.1) is 20.2 Å². The second-order valence-corrected chi connectivity index (χ2v) is 12.1. The number of carboxylic acid groups (broad SMARTS) is 1. The number of rotatable bonds is 9. The molecule has 0 aliphatic carbocycles. The van der Waals surface area contributed by atoms with Crippen LogP contribution in [0.15, 0.2) is 128 Å². The van der Waals surface area contributed by atoms with Gasteiger partial charge >= 0.3 is 0 Å². The van der Waals surface area contributed by atoms with Gasteiger partial charge in [-0.05, 0) is 66.7 Å². The first-order valence-corrected chi connectivity index (χ1v) is 18.0. The molecule has 328 valence electrons. The van der Waals surface area contributed by atoms with Gasteiger partial charge in [-0.15, -0.1) is 24.0 Å². The van der Waals surface area contributed by atoms with E-state index in [1.54, 1.807) is 36.8 Å². The van der Waals surface area contributed by atoms with Gasteiger partial charge in [-0.25, -0.2) is 0 Å². The Bertz CT molecular complexity index is 2200. The van der Waals surface area contributed by atoms with Crippen LogP contribution in [0.25, 0.3) is 0 Å².